The third-order valence-corrected chi connectivity index (χ3v) is 3.91. The molecule has 130 valence electrons. The average Bonchev–Trinajstić information content (AvgIpc) is 2.62. The molecule has 0 unspecified atom stereocenters. The second-order valence-corrected chi connectivity index (χ2v) is 5.64. The summed E-state index contributed by atoms with van der Waals surface area (Å²) < 4.78 is 19.1. The summed E-state index contributed by atoms with van der Waals surface area (Å²) in [4.78, 5) is 14.8. The van der Waals surface area contributed by atoms with Crippen LogP contribution in [0.5, 0.6) is 5.75 Å². The predicted molar refractivity (Wildman–Crippen MR) is 94.4 cm³/mol. The Hall–Kier alpha value is -3.44. The summed E-state index contributed by atoms with van der Waals surface area (Å²) in [5.74, 6) is -0.599. The molecule has 0 radical (unpaired) electrons. The molecule has 0 saturated heterocycles. The summed E-state index contributed by atoms with van der Waals surface area (Å²) in [5.41, 5.74) is 0.424. The number of halogens is 2. The van der Waals surface area contributed by atoms with E-state index in [0.717, 1.165) is 6.07 Å². The average molecular weight is 373 g/mol. The first-order chi connectivity index (χ1) is 12.4. The molecule has 7 nitrogen and oxygen atoms in total. The Labute approximate surface area is 151 Å². The molecule has 0 aliphatic heterocycles. The maximum absolute atomic E-state index is 14.1. The van der Waals surface area contributed by atoms with Crippen molar-refractivity contribution in [1.29, 1.82) is 5.26 Å². The Morgan fingerprint density at radius 3 is 2.77 bits per heavy atom. The third kappa shape index (κ3) is 3.08. The quantitative estimate of drug-likeness (QED) is 0.532. The summed E-state index contributed by atoms with van der Waals surface area (Å²) in [6.45, 7) is 0. The standard InChI is InChI=1S/C17H10ClFN4O3/c1-26-16-6-14-11(5-15(16)23(24)25)17(9(7-20)8-21-14)22-13-3-2-10(18)4-12(13)19/h2-6,8H,1H3,(H,21,22). The molecule has 1 aromatic heterocycles. The van der Waals surface area contributed by atoms with Crippen molar-refractivity contribution in [3.05, 3.63) is 63.0 Å². The number of hydrogen-bond donors (Lipinski definition) is 1. The highest BCUT2D eigenvalue weighted by Gasteiger charge is 2.20. The number of fused-ring (bicyclic) bond motifs is 1. The lowest BCUT2D eigenvalue weighted by molar-refractivity contribution is -0.385. The number of nitrogens with one attached hydrogen (secondary N) is 1. The number of aromatic nitrogens is 1. The number of ether oxygens (including phenoxy) is 1. The van der Waals surface area contributed by atoms with E-state index in [0.29, 0.717) is 5.52 Å². The number of nitriles is 1. The van der Waals surface area contributed by atoms with Crippen molar-refractivity contribution < 1.29 is 14.1 Å². The van der Waals surface area contributed by atoms with Gasteiger partial charge in [0.15, 0.2) is 5.75 Å². The molecule has 0 atom stereocenters. The zero-order valence-electron chi connectivity index (χ0n) is 13.3. The van der Waals surface area contributed by atoms with Gasteiger partial charge in [0.25, 0.3) is 0 Å². The van der Waals surface area contributed by atoms with Crippen molar-refractivity contribution >= 4 is 39.6 Å². The topological polar surface area (TPSA) is 101 Å². The van der Waals surface area contributed by atoms with Gasteiger partial charge < -0.3 is 10.1 Å². The Kier molecular flexibility index (Phi) is 4.56. The van der Waals surface area contributed by atoms with Crippen molar-refractivity contribution in [1.82, 2.24) is 4.98 Å². The van der Waals surface area contributed by atoms with E-state index in [1.54, 1.807) is 0 Å². The van der Waals surface area contributed by atoms with E-state index < -0.39 is 10.7 Å². The van der Waals surface area contributed by atoms with E-state index in [1.807, 2.05) is 6.07 Å². The minimum atomic E-state index is -0.630. The van der Waals surface area contributed by atoms with E-state index in [2.05, 4.69) is 10.3 Å². The molecule has 2 aromatic carbocycles. The zero-order chi connectivity index (χ0) is 18.8. The summed E-state index contributed by atoms with van der Waals surface area (Å²) in [5, 5.41) is 23.9. The monoisotopic (exact) mass is 372 g/mol. The number of nitro groups is 1. The van der Waals surface area contributed by atoms with Crippen LogP contribution in [0.4, 0.5) is 21.5 Å². The van der Waals surface area contributed by atoms with Crippen molar-refractivity contribution in [3.8, 4) is 11.8 Å². The second-order valence-electron chi connectivity index (χ2n) is 5.21. The van der Waals surface area contributed by atoms with Gasteiger partial charge in [-0.1, -0.05) is 11.6 Å². The molecule has 1 N–H and O–H groups in total. The van der Waals surface area contributed by atoms with Crippen LogP contribution in [0.3, 0.4) is 0 Å². The van der Waals surface area contributed by atoms with Gasteiger partial charge in [-0.15, -0.1) is 0 Å². The molecule has 9 heteroatoms. The molecule has 3 rings (SSSR count). The molecule has 26 heavy (non-hydrogen) atoms. The molecule has 0 bridgehead atoms. The Morgan fingerprint density at radius 1 is 1.38 bits per heavy atom. The maximum Gasteiger partial charge on any atom is 0.311 e. The van der Waals surface area contributed by atoms with Crippen molar-refractivity contribution in [3.63, 3.8) is 0 Å². The smallest absolute Gasteiger partial charge is 0.311 e. The molecule has 0 aliphatic carbocycles. The first-order valence-electron chi connectivity index (χ1n) is 7.22. The van der Waals surface area contributed by atoms with Crippen molar-refractivity contribution in [2.24, 2.45) is 0 Å². The number of hydrogen-bond acceptors (Lipinski definition) is 6. The second kappa shape index (κ2) is 6.82. The van der Waals surface area contributed by atoms with Gasteiger partial charge in [-0.2, -0.15) is 5.26 Å². The molecule has 0 spiro atoms. The highest BCUT2D eigenvalue weighted by molar-refractivity contribution is 6.30. The van der Waals surface area contributed by atoms with Gasteiger partial charge in [0.1, 0.15) is 11.9 Å². The van der Waals surface area contributed by atoms with Gasteiger partial charge in [0.05, 0.1) is 34.5 Å². The van der Waals surface area contributed by atoms with E-state index in [9.17, 15) is 19.8 Å². The Balaban J connectivity index is 2.26. The molecule has 0 aliphatic rings. The van der Waals surface area contributed by atoms with Crippen LogP contribution in [0, 0.1) is 27.3 Å². The largest absolute Gasteiger partial charge is 0.490 e. The normalized spacial score (nSPS) is 10.4. The summed E-state index contributed by atoms with van der Waals surface area (Å²) >= 11 is 5.74. The SMILES string of the molecule is COc1cc2ncc(C#N)c(Nc3ccc(Cl)cc3F)c2cc1[N+](=O)[O-]. The summed E-state index contributed by atoms with van der Waals surface area (Å²) in [7, 11) is 1.31. The fraction of sp³-hybridized carbons (Fsp3) is 0.0588. The van der Waals surface area contributed by atoms with E-state index >= 15 is 0 Å². The molecule has 0 amide bonds. The summed E-state index contributed by atoms with van der Waals surface area (Å²) in [6.07, 6.45) is 1.30. The predicted octanol–water partition coefficient (Wildman–Crippen LogP) is 4.56. The number of nitro benzene ring substituents is 1. The van der Waals surface area contributed by atoms with Crippen LogP contribution in [-0.4, -0.2) is 17.0 Å². The van der Waals surface area contributed by atoms with Crippen LogP contribution in [-0.2, 0) is 0 Å². The van der Waals surface area contributed by atoms with Crippen LogP contribution in [0.1, 0.15) is 5.56 Å². The molecule has 0 saturated carbocycles. The van der Waals surface area contributed by atoms with Crippen molar-refractivity contribution in [2.75, 3.05) is 12.4 Å². The fourth-order valence-corrected chi connectivity index (χ4v) is 2.62. The minimum Gasteiger partial charge on any atom is -0.490 e. The van der Waals surface area contributed by atoms with Crippen LogP contribution in [0.15, 0.2) is 36.5 Å². The number of rotatable bonds is 4. The summed E-state index contributed by atoms with van der Waals surface area (Å²) in [6, 6.07) is 8.56. The van der Waals surface area contributed by atoms with Gasteiger partial charge in [-0.3, -0.25) is 15.1 Å². The van der Waals surface area contributed by atoms with Crippen LogP contribution in [0.25, 0.3) is 10.9 Å². The lowest BCUT2D eigenvalue weighted by atomic mass is 10.1. The number of benzene rings is 2. The first-order valence-corrected chi connectivity index (χ1v) is 7.59. The van der Waals surface area contributed by atoms with Crippen molar-refractivity contribution in [2.45, 2.75) is 0 Å². The van der Waals surface area contributed by atoms with Gasteiger partial charge >= 0.3 is 5.69 Å². The first kappa shape index (κ1) is 17.4. The van der Waals surface area contributed by atoms with Gasteiger partial charge in [0, 0.05) is 28.7 Å². The van der Waals surface area contributed by atoms with Gasteiger partial charge in [0.2, 0.25) is 0 Å². The molecular formula is C17H10ClFN4O3. The molecule has 3 aromatic rings. The van der Waals surface area contributed by atoms with Gasteiger partial charge in [-0.25, -0.2) is 4.39 Å². The number of nitrogens with zero attached hydrogens (tertiary/aromatic N) is 3. The maximum atomic E-state index is 14.1. The van der Waals surface area contributed by atoms with Crippen LogP contribution >= 0.6 is 11.6 Å². The lowest BCUT2D eigenvalue weighted by Crippen LogP contribution is -2.00. The van der Waals surface area contributed by atoms with Crippen LogP contribution in [0.2, 0.25) is 5.02 Å². The number of pyridine rings is 1. The molecule has 0 fully saturated rings. The Morgan fingerprint density at radius 2 is 2.15 bits per heavy atom. The number of methoxy groups -OCH3 is 1. The minimum absolute atomic E-state index is 0.0309. The van der Waals surface area contributed by atoms with E-state index in [4.69, 9.17) is 16.3 Å². The highest BCUT2D eigenvalue weighted by Crippen LogP contribution is 2.37. The third-order valence-electron chi connectivity index (χ3n) is 3.68. The molecule has 1 heterocycles. The van der Waals surface area contributed by atoms with E-state index in [-0.39, 0.29) is 38.8 Å². The fourth-order valence-electron chi connectivity index (χ4n) is 2.46. The van der Waals surface area contributed by atoms with Gasteiger partial charge in [-0.05, 0) is 18.2 Å². The van der Waals surface area contributed by atoms with E-state index in [1.165, 1.54) is 37.6 Å². The lowest BCUT2D eigenvalue weighted by Gasteiger charge is -2.13. The van der Waals surface area contributed by atoms with Crippen LogP contribution < -0.4 is 10.1 Å². The highest BCUT2D eigenvalue weighted by atomic mass is 35.5. The molecular weight excluding hydrogens is 363 g/mol. The zero-order valence-corrected chi connectivity index (χ0v) is 14.0. The Bertz CT molecular complexity index is 1080. The number of anilines is 2.